The molecule has 0 unspecified atom stereocenters. The van der Waals surface area contributed by atoms with Crippen LogP contribution in [0.15, 0.2) is 149 Å². The molecule has 486 valence electrons. The normalized spacial score (nSPS) is 12.7. The lowest BCUT2D eigenvalue weighted by Crippen LogP contribution is -2.46. The number of nitrogens with zero attached hydrogens (tertiary/aromatic N) is 1. The third-order valence-corrected chi connectivity index (χ3v) is 14.3. The fourth-order valence-corrected chi connectivity index (χ4v) is 10.5. The molecule has 0 spiro atoms. The largest absolute Gasteiger partial charge is 0.493 e. The monoisotopic (exact) mass is 1270 g/mol. The highest BCUT2D eigenvalue weighted by Crippen LogP contribution is 2.50. The molecule has 0 fully saturated rings. The number of rotatable bonds is 20. The van der Waals surface area contributed by atoms with Gasteiger partial charge in [-0.25, -0.2) is 33.6 Å². The zero-order valence-corrected chi connectivity index (χ0v) is 53.9. The van der Waals surface area contributed by atoms with Crippen LogP contribution >= 0.6 is 0 Å². The van der Waals surface area contributed by atoms with Crippen molar-refractivity contribution in [2.45, 2.75) is 117 Å². The van der Waals surface area contributed by atoms with Crippen molar-refractivity contribution in [1.29, 1.82) is 0 Å². The minimum absolute atomic E-state index is 0.000246. The predicted octanol–water partition coefficient (Wildman–Crippen LogP) is 12.2. The van der Waals surface area contributed by atoms with Crippen LogP contribution in [0.1, 0.15) is 79.0 Å². The van der Waals surface area contributed by atoms with Gasteiger partial charge in [0.2, 0.25) is 5.75 Å². The summed E-state index contributed by atoms with van der Waals surface area (Å²) in [6.07, 6.45) is -0.975. The summed E-state index contributed by atoms with van der Waals surface area (Å²) in [7, 11) is 5.48. The van der Waals surface area contributed by atoms with Gasteiger partial charge in [-0.05, 0) is 115 Å². The van der Waals surface area contributed by atoms with Crippen molar-refractivity contribution in [3.8, 4) is 51.4 Å². The van der Waals surface area contributed by atoms with Crippen molar-refractivity contribution < 1.29 is 80.6 Å². The van der Waals surface area contributed by atoms with Crippen LogP contribution in [0.2, 0.25) is 0 Å². The van der Waals surface area contributed by atoms with E-state index in [0.717, 1.165) is 5.56 Å². The quantitative estimate of drug-likeness (QED) is 0.0277. The second-order valence-corrected chi connectivity index (χ2v) is 24.7. The highest BCUT2D eigenvalue weighted by molar-refractivity contribution is 6.22. The Bertz CT molecular complexity index is 4330. The maximum Gasteiger partial charge on any atom is 0.408 e. The number of aromatic nitrogens is 1. The zero-order chi connectivity index (χ0) is 67.1. The number of hydrogen-bond donors (Lipinski definition) is 3. The lowest BCUT2D eigenvalue weighted by Gasteiger charge is -2.24. The summed E-state index contributed by atoms with van der Waals surface area (Å²) in [4.78, 5) is 98.5. The Morgan fingerprint density at radius 2 is 0.871 bits per heavy atom. The molecule has 3 aromatic heterocycles. The number of carbonyl (C=O) groups is 6. The van der Waals surface area contributed by atoms with E-state index in [1.165, 1.54) is 46.6 Å². The molecule has 0 bridgehead atoms. The molecular weight excluding hydrogens is 1200 g/mol. The first kappa shape index (κ1) is 66.6. The molecule has 0 radical (unpaired) electrons. The third-order valence-electron chi connectivity index (χ3n) is 14.3. The van der Waals surface area contributed by atoms with E-state index in [0.29, 0.717) is 33.2 Å². The average Bonchev–Trinajstić information content (AvgIpc) is 1.56. The number of benzene rings is 6. The van der Waals surface area contributed by atoms with E-state index < -0.39 is 76.7 Å². The summed E-state index contributed by atoms with van der Waals surface area (Å²) in [6.45, 7) is 15.2. The van der Waals surface area contributed by atoms with Gasteiger partial charge < -0.3 is 72.1 Å². The first-order valence-electron chi connectivity index (χ1n) is 29.8. The number of carbonyl (C=O) groups excluding carboxylic acids is 6. The number of methoxy groups -OCH3 is 4. The fourth-order valence-electron chi connectivity index (χ4n) is 10.5. The number of alkyl carbamates (subject to hydrolysis) is 3. The van der Waals surface area contributed by atoms with E-state index in [9.17, 15) is 28.8 Å². The molecule has 0 aliphatic carbocycles. The smallest absolute Gasteiger partial charge is 0.408 e. The molecule has 0 aliphatic heterocycles. The molecule has 3 amide bonds. The number of pyridine rings is 1. The van der Waals surface area contributed by atoms with Gasteiger partial charge in [0.15, 0.2) is 34.5 Å². The highest BCUT2D eigenvalue weighted by atomic mass is 16.6. The second-order valence-electron chi connectivity index (χ2n) is 24.7. The summed E-state index contributed by atoms with van der Waals surface area (Å²) >= 11 is 0. The SMILES string of the molecule is COc1cc(-c2c3c4cc(OC)c(OC(=O)[C@H](Cc5ccccc5)NC(=O)OC(C)(C)C)cc4oc(=O)c3n3ccc4c(OC(=O)[C@H](Cc5ccccc5)NC(=O)OC(C)(C)C)c(OC)c(OC)cc4c23)ccc1OC(=O)[C@H](Cc1ccccc1)NC(=O)OC(C)(C)C. The van der Waals surface area contributed by atoms with Gasteiger partial charge in [0.1, 0.15) is 46.0 Å². The van der Waals surface area contributed by atoms with E-state index in [1.807, 2.05) is 18.2 Å². The maximum absolute atomic E-state index is 15.0. The summed E-state index contributed by atoms with van der Waals surface area (Å²) in [5.41, 5.74) is -0.556. The van der Waals surface area contributed by atoms with E-state index in [-0.39, 0.29) is 86.8 Å². The molecular formula is C71H74N4O18. The first-order valence-corrected chi connectivity index (χ1v) is 29.8. The van der Waals surface area contributed by atoms with E-state index in [4.69, 9.17) is 51.8 Å². The van der Waals surface area contributed by atoms with Gasteiger partial charge in [0.05, 0.1) is 34.0 Å². The minimum atomic E-state index is -1.31. The number of esters is 3. The summed E-state index contributed by atoms with van der Waals surface area (Å²) in [6, 6.07) is 34.0. The Labute approximate surface area is 536 Å². The van der Waals surface area contributed by atoms with Gasteiger partial charge in [-0.15, -0.1) is 0 Å². The van der Waals surface area contributed by atoms with Crippen molar-refractivity contribution in [1.82, 2.24) is 20.4 Å². The summed E-state index contributed by atoms with van der Waals surface area (Å²) < 4.78 is 66.8. The molecule has 9 rings (SSSR count). The molecule has 0 saturated heterocycles. The highest BCUT2D eigenvalue weighted by Gasteiger charge is 2.34. The average molecular weight is 1270 g/mol. The number of fused-ring (bicyclic) bond motifs is 7. The van der Waals surface area contributed by atoms with Gasteiger partial charge in [0.25, 0.3) is 0 Å². The molecule has 3 atom stereocenters. The third kappa shape index (κ3) is 16.1. The van der Waals surface area contributed by atoms with Gasteiger partial charge in [-0.2, -0.15) is 0 Å². The van der Waals surface area contributed by atoms with Crippen LogP contribution < -0.4 is 54.7 Å². The van der Waals surface area contributed by atoms with Crippen LogP contribution in [0.4, 0.5) is 14.4 Å². The van der Waals surface area contributed by atoms with Crippen LogP contribution in [0.3, 0.4) is 0 Å². The fraction of sp³-hybridized carbons (Fsp3) is 0.310. The Morgan fingerprint density at radius 3 is 1.31 bits per heavy atom. The topological polar surface area (TPSA) is 265 Å². The standard InChI is InChI=1S/C71H74N4O18/c1-69(2,3)91-66(80)72-47(33-40-23-17-14-18-24-40)62(76)87-50-30-29-43(36-52(50)83-10)56-57-46-38-53(84-11)54(89-63(77)48(34-41-25-19-15-20-26-41)73-67(81)92-70(4,5)6)39-51(46)88-65(79)59(57)75-32-31-44-45(58(56)75)37-55(85-12)61(86-13)60(44)90-64(78)49(35-42-27-21-16-22-28-42)74-68(82)93-71(7,8)9/h14-32,36-39,47-49H,33-35H2,1-13H3,(H,72,80)(H,73,81)(H,74,82)/t47-,48-,49-/m0/s1. The van der Waals surface area contributed by atoms with E-state index >= 15 is 4.79 Å². The van der Waals surface area contributed by atoms with Crippen LogP contribution in [0, 0.1) is 0 Å². The Kier molecular flexibility index (Phi) is 19.9. The molecule has 93 heavy (non-hydrogen) atoms. The summed E-state index contributed by atoms with van der Waals surface area (Å²) in [5.74, 6) is -2.89. The van der Waals surface area contributed by atoms with Crippen LogP contribution in [-0.4, -0.2) is 104 Å². The van der Waals surface area contributed by atoms with E-state index in [1.54, 1.807) is 170 Å². The number of nitrogens with one attached hydrogen (secondary N) is 3. The lowest BCUT2D eigenvalue weighted by atomic mass is 9.97. The van der Waals surface area contributed by atoms with Crippen molar-refractivity contribution in [3.05, 3.63) is 167 Å². The first-order chi connectivity index (χ1) is 44.1. The molecule has 9 aromatic rings. The molecule has 3 N–H and O–H groups in total. The van der Waals surface area contributed by atoms with Crippen LogP contribution in [0.5, 0.6) is 40.2 Å². The number of ether oxygens (including phenoxy) is 10. The van der Waals surface area contributed by atoms with E-state index in [2.05, 4.69) is 16.0 Å². The predicted molar refractivity (Wildman–Crippen MR) is 347 cm³/mol. The van der Waals surface area contributed by atoms with Crippen molar-refractivity contribution in [3.63, 3.8) is 0 Å². The number of amides is 3. The van der Waals surface area contributed by atoms with Gasteiger partial charge in [0, 0.05) is 58.6 Å². The summed E-state index contributed by atoms with van der Waals surface area (Å²) in [5, 5.41) is 9.09. The Balaban J connectivity index is 1.25. The molecule has 6 aromatic carbocycles. The van der Waals surface area contributed by atoms with Crippen molar-refractivity contribution in [2.24, 2.45) is 0 Å². The maximum atomic E-state index is 15.0. The number of hydrogen-bond acceptors (Lipinski definition) is 18. The minimum Gasteiger partial charge on any atom is -0.493 e. The van der Waals surface area contributed by atoms with Crippen LogP contribution in [-0.2, 0) is 47.9 Å². The van der Waals surface area contributed by atoms with Crippen molar-refractivity contribution in [2.75, 3.05) is 28.4 Å². The van der Waals surface area contributed by atoms with Crippen molar-refractivity contribution >= 4 is 74.3 Å². The van der Waals surface area contributed by atoms with Gasteiger partial charge >= 0.3 is 41.8 Å². The molecule has 22 nitrogen and oxygen atoms in total. The molecule has 3 heterocycles. The Morgan fingerprint density at radius 1 is 0.441 bits per heavy atom. The zero-order valence-electron chi connectivity index (χ0n) is 53.9. The molecule has 22 heteroatoms. The second kappa shape index (κ2) is 27.8. The Hall–Kier alpha value is -10.8. The lowest BCUT2D eigenvalue weighted by molar-refractivity contribution is -0.137. The van der Waals surface area contributed by atoms with Crippen LogP contribution in [0.25, 0.3) is 49.3 Å². The molecule has 0 aliphatic rings. The van der Waals surface area contributed by atoms with Gasteiger partial charge in [-0.1, -0.05) is 97.1 Å². The molecule has 0 saturated carbocycles. The van der Waals surface area contributed by atoms with Gasteiger partial charge in [-0.3, -0.25) is 0 Å².